The van der Waals surface area contributed by atoms with Crippen molar-refractivity contribution in [2.45, 2.75) is 4.90 Å². The number of thioether (sulfide) groups is 1. The van der Waals surface area contributed by atoms with Gasteiger partial charge in [-0.25, -0.2) is 0 Å². The predicted octanol–water partition coefficient (Wildman–Crippen LogP) is 3.51. The van der Waals surface area contributed by atoms with Gasteiger partial charge in [0.05, 0.1) is 0 Å². The molecule has 0 aliphatic rings. The van der Waals surface area contributed by atoms with Crippen LogP contribution in [-0.2, 0) is 0 Å². The van der Waals surface area contributed by atoms with Crippen LogP contribution in [0.2, 0.25) is 0 Å². The lowest BCUT2D eigenvalue weighted by molar-refractivity contribution is 1.34. The first-order valence-electron chi connectivity index (χ1n) is 4.48. The summed E-state index contributed by atoms with van der Waals surface area (Å²) in [7, 11) is 0. The van der Waals surface area contributed by atoms with E-state index in [0.717, 1.165) is 5.75 Å². The number of rotatable bonds is 3. The molecule has 0 atom stereocenters. The molecule has 0 spiro atoms. The van der Waals surface area contributed by atoms with Crippen LogP contribution in [0.5, 0.6) is 0 Å². The summed E-state index contributed by atoms with van der Waals surface area (Å²) in [5, 5.41) is 2.47. The Morgan fingerprint density at radius 2 is 2.29 bits per heavy atom. The van der Waals surface area contributed by atoms with Gasteiger partial charge in [-0.3, -0.25) is 4.98 Å². The van der Waals surface area contributed by atoms with Crippen LogP contribution in [0.3, 0.4) is 0 Å². The number of hydrogen-bond donors (Lipinski definition) is 0. The van der Waals surface area contributed by atoms with Crippen LogP contribution in [0.15, 0.2) is 54.2 Å². The number of nitrogens with zero attached hydrogens (tertiary/aromatic N) is 1. The molecule has 2 rings (SSSR count). The summed E-state index contributed by atoms with van der Waals surface area (Å²) in [6.07, 6.45) is 5.66. The fourth-order valence-corrected chi connectivity index (χ4v) is 2.16. The van der Waals surface area contributed by atoms with E-state index in [0.29, 0.717) is 0 Å². The Kier molecular flexibility index (Phi) is 2.84. The molecular weight excluding hydrogens is 190 g/mol. The Hall–Kier alpha value is -1.28. The van der Waals surface area contributed by atoms with E-state index in [4.69, 9.17) is 0 Å². The van der Waals surface area contributed by atoms with E-state index < -0.39 is 0 Å². The second kappa shape index (κ2) is 4.29. The summed E-state index contributed by atoms with van der Waals surface area (Å²) in [6, 6.07) is 8.34. The standard InChI is InChI=1S/C12H11NS/c1-2-8-14-12-5-3-4-10-6-7-13-9-11(10)12/h2-7,9H,1,8H2. The van der Waals surface area contributed by atoms with Crippen molar-refractivity contribution >= 4 is 22.5 Å². The lowest BCUT2D eigenvalue weighted by Crippen LogP contribution is -1.79. The van der Waals surface area contributed by atoms with Gasteiger partial charge >= 0.3 is 0 Å². The third-order valence-electron chi connectivity index (χ3n) is 2.00. The van der Waals surface area contributed by atoms with Gasteiger partial charge in [-0.05, 0) is 17.5 Å². The van der Waals surface area contributed by atoms with Gasteiger partial charge < -0.3 is 0 Å². The minimum absolute atomic E-state index is 0.938. The Morgan fingerprint density at radius 1 is 1.36 bits per heavy atom. The molecule has 0 amide bonds. The fourth-order valence-electron chi connectivity index (χ4n) is 1.36. The molecule has 0 radical (unpaired) electrons. The number of fused-ring (bicyclic) bond motifs is 1. The average molecular weight is 201 g/mol. The van der Waals surface area contributed by atoms with E-state index >= 15 is 0 Å². The Morgan fingerprint density at radius 3 is 3.14 bits per heavy atom. The quantitative estimate of drug-likeness (QED) is 0.556. The molecule has 0 saturated carbocycles. The normalized spacial score (nSPS) is 10.3. The molecule has 1 nitrogen and oxygen atoms in total. The number of hydrogen-bond acceptors (Lipinski definition) is 2. The van der Waals surface area contributed by atoms with Crippen LogP contribution in [-0.4, -0.2) is 10.7 Å². The fraction of sp³-hybridized carbons (Fsp3) is 0.0833. The molecule has 0 fully saturated rings. The van der Waals surface area contributed by atoms with E-state index in [1.54, 1.807) is 11.8 Å². The van der Waals surface area contributed by atoms with Gasteiger partial charge in [-0.15, -0.1) is 18.3 Å². The van der Waals surface area contributed by atoms with E-state index in [9.17, 15) is 0 Å². The first kappa shape index (κ1) is 9.28. The Balaban J connectivity index is 2.48. The zero-order valence-corrected chi connectivity index (χ0v) is 8.63. The summed E-state index contributed by atoms with van der Waals surface area (Å²) in [6.45, 7) is 3.72. The maximum Gasteiger partial charge on any atom is 0.0357 e. The highest BCUT2D eigenvalue weighted by atomic mass is 32.2. The molecule has 1 aromatic heterocycles. The number of pyridine rings is 1. The van der Waals surface area contributed by atoms with Gasteiger partial charge in [0.15, 0.2) is 0 Å². The predicted molar refractivity (Wildman–Crippen MR) is 62.7 cm³/mol. The maximum absolute atomic E-state index is 4.14. The molecular formula is C12H11NS. The van der Waals surface area contributed by atoms with Crippen molar-refractivity contribution in [1.29, 1.82) is 0 Å². The minimum Gasteiger partial charge on any atom is -0.264 e. The van der Waals surface area contributed by atoms with Crippen LogP contribution in [0.1, 0.15) is 0 Å². The Bertz CT molecular complexity index is 446. The summed E-state index contributed by atoms with van der Waals surface area (Å²) < 4.78 is 0. The van der Waals surface area contributed by atoms with E-state index in [1.165, 1.54) is 15.7 Å². The summed E-state index contributed by atoms with van der Waals surface area (Å²) in [5.74, 6) is 0.938. The van der Waals surface area contributed by atoms with Crippen molar-refractivity contribution < 1.29 is 0 Å². The van der Waals surface area contributed by atoms with Crippen molar-refractivity contribution in [3.8, 4) is 0 Å². The second-order valence-corrected chi connectivity index (χ2v) is 4.01. The monoisotopic (exact) mass is 201 g/mol. The van der Waals surface area contributed by atoms with Crippen LogP contribution in [0.4, 0.5) is 0 Å². The first-order chi connectivity index (χ1) is 6.92. The van der Waals surface area contributed by atoms with Gasteiger partial charge in [0, 0.05) is 28.4 Å². The molecule has 14 heavy (non-hydrogen) atoms. The number of aromatic nitrogens is 1. The minimum atomic E-state index is 0.938. The van der Waals surface area contributed by atoms with E-state index in [1.807, 2.05) is 24.5 Å². The molecule has 0 aliphatic carbocycles. The van der Waals surface area contributed by atoms with Gasteiger partial charge in [0.2, 0.25) is 0 Å². The Labute approximate surface area is 87.9 Å². The largest absolute Gasteiger partial charge is 0.264 e. The first-order valence-corrected chi connectivity index (χ1v) is 5.47. The van der Waals surface area contributed by atoms with Crippen molar-refractivity contribution in [1.82, 2.24) is 4.98 Å². The second-order valence-electron chi connectivity index (χ2n) is 2.95. The van der Waals surface area contributed by atoms with Crippen LogP contribution < -0.4 is 0 Å². The average Bonchev–Trinajstić information content (AvgIpc) is 2.26. The van der Waals surface area contributed by atoms with E-state index in [2.05, 4.69) is 29.8 Å². The third kappa shape index (κ3) is 1.80. The van der Waals surface area contributed by atoms with Crippen molar-refractivity contribution in [3.05, 3.63) is 49.3 Å². The zero-order chi connectivity index (χ0) is 9.80. The molecule has 1 aromatic carbocycles. The molecule has 0 N–H and O–H groups in total. The zero-order valence-electron chi connectivity index (χ0n) is 7.81. The van der Waals surface area contributed by atoms with Crippen LogP contribution in [0.25, 0.3) is 10.8 Å². The number of benzene rings is 1. The van der Waals surface area contributed by atoms with Gasteiger partial charge in [0.25, 0.3) is 0 Å². The molecule has 0 bridgehead atoms. The summed E-state index contributed by atoms with van der Waals surface area (Å²) >= 11 is 1.79. The highest BCUT2D eigenvalue weighted by Gasteiger charge is 1.99. The molecule has 70 valence electrons. The molecule has 0 saturated heterocycles. The lowest BCUT2D eigenvalue weighted by atomic mass is 10.2. The van der Waals surface area contributed by atoms with Crippen LogP contribution >= 0.6 is 11.8 Å². The maximum atomic E-state index is 4.14. The smallest absolute Gasteiger partial charge is 0.0357 e. The summed E-state index contributed by atoms with van der Waals surface area (Å²) in [5.41, 5.74) is 0. The van der Waals surface area contributed by atoms with Crippen LogP contribution in [0, 0.1) is 0 Å². The summed E-state index contributed by atoms with van der Waals surface area (Å²) in [4.78, 5) is 5.42. The highest BCUT2D eigenvalue weighted by Crippen LogP contribution is 2.26. The lowest BCUT2D eigenvalue weighted by Gasteiger charge is -2.03. The highest BCUT2D eigenvalue weighted by molar-refractivity contribution is 7.99. The van der Waals surface area contributed by atoms with E-state index in [-0.39, 0.29) is 0 Å². The van der Waals surface area contributed by atoms with Crippen molar-refractivity contribution in [2.75, 3.05) is 5.75 Å². The van der Waals surface area contributed by atoms with Gasteiger partial charge in [0.1, 0.15) is 0 Å². The van der Waals surface area contributed by atoms with Crippen molar-refractivity contribution in [2.24, 2.45) is 0 Å². The third-order valence-corrected chi connectivity index (χ3v) is 3.07. The molecule has 2 heteroatoms. The van der Waals surface area contributed by atoms with Gasteiger partial charge in [-0.2, -0.15) is 0 Å². The van der Waals surface area contributed by atoms with Crippen molar-refractivity contribution in [3.63, 3.8) is 0 Å². The SMILES string of the molecule is C=CCSc1cccc2ccncc12. The van der Waals surface area contributed by atoms with Gasteiger partial charge in [-0.1, -0.05) is 18.2 Å². The molecule has 0 unspecified atom stereocenters. The molecule has 2 aromatic rings. The molecule has 1 heterocycles. The topological polar surface area (TPSA) is 12.9 Å². The molecule has 0 aliphatic heterocycles.